The molecule has 3 aromatic carbocycles. The molecular weight excluding hydrogens is 454 g/mol. The highest BCUT2D eigenvalue weighted by atomic mass is 16.5. The molecule has 178 valence electrons. The van der Waals surface area contributed by atoms with Gasteiger partial charge in [0.1, 0.15) is 0 Å². The van der Waals surface area contributed by atoms with E-state index in [-0.39, 0.29) is 0 Å². The summed E-state index contributed by atoms with van der Waals surface area (Å²) in [6.07, 6.45) is 1.82. The van der Waals surface area contributed by atoms with Gasteiger partial charge < -0.3 is 14.0 Å². The fourth-order valence-corrected chi connectivity index (χ4v) is 4.54. The van der Waals surface area contributed by atoms with Gasteiger partial charge in [0.05, 0.1) is 17.5 Å². The van der Waals surface area contributed by atoms with Crippen LogP contribution in [0.3, 0.4) is 0 Å². The first-order valence-electron chi connectivity index (χ1n) is 11.8. The molecule has 0 saturated heterocycles. The van der Waals surface area contributed by atoms with Crippen LogP contribution in [-0.4, -0.2) is 26.4 Å². The summed E-state index contributed by atoms with van der Waals surface area (Å²) in [4.78, 5) is 11.6. The summed E-state index contributed by atoms with van der Waals surface area (Å²) < 4.78 is 11.6. The Morgan fingerprint density at radius 2 is 1.50 bits per heavy atom. The fraction of sp³-hybridized carbons (Fsp3) is 0.172. The minimum absolute atomic E-state index is 0.416. The summed E-state index contributed by atoms with van der Waals surface area (Å²) in [5, 5.41) is 22.1. The molecule has 7 nitrogen and oxygen atoms in total. The van der Waals surface area contributed by atoms with Gasteiger partial charge in [-0.15, -0.1) is 10.2 Å². The first-order valence-corrected chi connectivity index (χ1v) is 11.8. The van der Waals surface area contributed by atoms with Gasteiger partial charge in [-0.2, -0.15) is 0 Å². The number of hydrogen-bond acceptors (Lipinski definition) is 6. The van der Waals surface area contributed by atoms with Crippen molar-refractivity contribution in [3.05, 3.63) is 102 Å². The molecule has 1 aliphatic carbocycles. The molecule has 0 atom stereocenters. The summed E-state index contributed by atoms with van der Waals surface area (Å²) in [5.41, 5.74) is 5.69. The predicted octanol–water partition coefficient (Wildman–Crippen LogP) is 6.07. The van der Waals surface area contributed by atoms with Crippen LogP contribution in [0.1, 0.15) is 35.6 Å². The Hall–Kier alpha value is -4.52. The number of benzene rings is 3. The molecule has 0 radical (unpaired) electrons. The Labute approximate surface area is 207 Å². The summed E-state index contributed by atoms with van der Waals surface area (Å²) in [6, 6.07) is 25.5. The van der Waals surface area contributed by atoms with Gasteiger partial charge in [0.2, 0.25) is 11.8 Å². The summed E-state index contributed by atoms with van der Waals surface area (Å²) in [7, 11) is 0. The number of carboxylic acid groups (broad SMARTS) is 1. The van der Waals surface area contributed by atoms with E-state index in [1.807, 2.05) is 85.8 Å². The van der Waals surface area contributed by atoms with E-state index in [1.165, 1.54) is 0 Å². The van der Waals surface area contributed by atoms with Crippen molar-refractivity contribution in [1.29, 1.82) is 0 Å². The summed E-state index contributed by atoms with van der Waals surface area (Å²) in [6.45, 7) is 1.90. The number of aryl methyl sites for hydroxylation is 1. The molecule has 2 aromatic heterocycles. The van der Waals surface area contributed by atoms with Crippen LogP contribution in [0.15, 0.2) is 87.8 Å². The van der Waals surface area contributed by atoms with Gasteiger partial charge in [-0.05, 0) is 48.6 Å². The standard InChI is InChI=1S/C29H23N3O4/c1-18-24(17-25-30-31-27(35-25)22-5-3-2-4-6-22)26(36-32-18)21-9-7-19(8-10-21)20-11-13-23(14-12-20)29(15-16-29)28(33)34/h2-14H,15-17H2,1H3,(H,33,34). The number of carboxylic acids is 1. The second-order valence-corrected chi connectivity index (χ2v) is 9.16. The lowest BCUT2D eigenvalue weighted by molar-refractivity contribution is -0.140. The quantitative estimate of drug-likeness (QED) is 0.303. The molecule has 1 saturated carbocycles. The number of rotatable bonds is 7. The number of carbonyl (C=O) groups is 1. The largest absolute Gasteiger partial charge is 0.481 e. The Kier molecular flexibility index (Phi) is 5.25. The zero-order chi connectivity index (χ0) is 24.7. The topological polar surface area (TPSA) is 102 Å². The minimum atomic E-state index is -0.741. The first kappa shape index (κ1) is 22.0. The monoisotopic (exact) mass is 477 g/mol. The molecule has 36 heavy (non-hydrogen) atoms. The van der Waals surface area contributed by atoms with Crippen LogP contribution < -0.4 is 0 Å². The second kappa shape index (κ2) is 8.61. The van der Waals surface area contributed by atoms with Gasteiger partial charge in [0.25, 0.3) is 0 Å². The van der Waals surface area contributed by atoms with E-state index in [9.17, 15) is 9.90 Å². The highest BCUT2D eigenvalue weighted by Gasteiger charge is 2.51. The Morgan fingerprint density at radius 3 is 2.14 bits per heavy atom. The molecule has 5 aromatic rings. The predicted molar refractivity (Wildman–Crippen MR) is 133 cm³/mol. The van der Waals surface area contributed by atoms with Gasteiger partial charge in [-0.25, -0.2) is 0 Å². The zero-order valence-corrected chi connectivity index (χ0v) is 19.6. The van der Waals surface area contributed by atoms with Crippen LogP contribution in [0.25, 0.3) is 33.9 Å². The molecule has 1 N–H and O–H groups in total. The van der Waals surface area contributed by atoms with E-state index in [2.05, 4.69) is 15.4 Å². The second-order valence-electron chi connectivity index (χ2n) is 9.16. The van der Waals surface area contributed by atoms with Crippen molar-refractivity contribution >= 4 is 5.97 Å². The molecule has 1 aliphatic rings. The molecule has 1 fully saturated rings. The third-order valence-corrected chi connectivity index (χ3v) is 6.88. The molecule has 7 heteroatoms. The minimum Gasteiger partial charge on any atom is -0.481 e. The SMILES string of the molecule is Cc1noc(-c2ccc(-c3ccc(C4(C(=O)O)CC4)cc3)cc2)c1Cc1nnc(-c2ccccc2)o1. The molecule has 0 unspecified atom stereocenters. The van der Waals surface area contributed by atoms with Crippen LogP contribution in [0.2, 0.25) is 0 Å². The fourth-order valence-electron chi connectivity index (χ4n) is 4.54. The van der Waals surface area contributed by atoms with Crippen LogP contribution in [0, 0.1) is 6.92 Å². The van der Waals surface area contributed by atoms with Gasteiger partial charge in [0, 0.05) is 16.7 Å². The van der Waals surface area contributed by atoms with Crippen LogP contribution in [-0.2, 0) is 16.6 Å². The zero-order valence-electron chi connectivity index (χ0n) is 19.6. The van der Waals surface area contributed by atoms with Crippen molar-refractivity contribution in [1.82, 2.24) is 15.4 Å². The molecule has 0 bridgehead atoms. The number of nitrogens with zero attached hydrogens (tertiary/aromatic N) is 3. The number of aliphatic carboxylic acids is 1. The Bertz CT molecular complexity index is 1530. The normalized spacial score (nSPS) is 14.0. The third kappa shape index (κ3) is 3.88. The maximum absolute atomic E-state index is 11.6. The lowest BCUT2D eigenvalue weighted by Crippen LogP contribution is -2.19. The molecule has 0 spiro atoms. The number of hydrogen-bond donors (Lipinski definition) is 1. The van der Waals surface area contributed by atoms with E-state index in [4.69, 9.17) is 8.94 Å². The van der Waals surface area contributed by atoms with E-state index < -0.39 is 11.4 Å². The maximum atomic E-state index is 11.6. The van der Waals surface area contributed by atoms with Crippen molar-refractivity contribution in [3.63, 3.8) is 0 Å². The summed E-state index contributed by atoms with van der Waals surface area (Å²) >= 11 is 0. The van der Waals surface area contributed by atoms with E-state index in [0.717, 1.165) is 39.1 Å². The maximum Gasteiger partial charge on any atom is 0.314 e. The van der Waals surface area contributed by atoms with Crippen LogP contribution in [0.4, 0.5) is 0 Å². The lowest BCUT2D eigenvalue weighted by Gasteiger charge is -2.11. The van der Waals surface area contributed by atoms with Crippen LogP contribution >= 0.6 is 0 Å². The molecule has 2 heterocycles. The van der Waals surface area contributed by atoms with E-state index in [1.54, 1.807) is 0 Å². The van der Waals surface area contributed by atoms with Crippen molar-refractivity contribution in [2.24, 2.45) is 0 Å². The van der Waals surface area contributed by atoms with Crippen molar-refractivity contribution in [2.75, 3.05) is 0 Å². The highest BCUT2D eigenvalue weighted by molar-refractivity contribution is 5.85. The van der Waals surface area contributed by atoms with Gasteiger partial charge in [-0.1, -0.05) is 71.9 Å². The van der Waals surface area contributed by atoms with Crippen LogP contribution in [0.5, 0.6) is 0 Å². The Morgan fingerprint density at radius 1 is 0.861 bits per heavy atom. The van der Waals surface area contributed by atoms with Gasteiger partial charge in [-0.3, -0.25) is 4.79 Å². The molecule has 6 rings (SSSR count). The molecule has 0 aliphatic heterocycles. The van der Waals surface area contributed by atoms with Gasteiger partial charge in [0.15, 0.2) is 5.76 Å². The third-order valence-electron chi connectivity index (χ3n) is 6.88. The first-order chi connectivity index (χ1) is 17.5. The number of aromatic nitrogens is 3. The summed E-state index contributed by atoms with van der Waals surface area (Å²) in [5.74, 6) is 0.904. The smallest absolute Gasteiger partial charge is 0.314 e. The van der Waals surface area contributed by atoms with Crippen molar-refractivity contribution in [3.8, 4) is 33.9 Å². The molecule has 0 amide bonds. The Balaban J connectivity index is 1.22. The van der Waals surface area contributed by atoms with E-state index >= 15 is 0 Å². The average Bonchev–Trinajstić information content (AvgIpc) is 3.48. The average molecular weight is 478 g/mol. The van der Waals surface area contributed by atoms with Gasteiger partial charge >= 0.3 is 5.97 Å². The molecular formula is C29H23N3O4. The van der Waals surface area contributed by atoms with Crippen molar-refractivity contribution < 1.29 is 18.8 Å². The van der Waals surface area contributed by atoms with E-state index in [0.29, 0.717) is 36.8 Å². The highest BCUT2D eigenvalue weighted by Crippen LogP contribution is 2.48. The lowest BCUT2D eigenvalue weighted by atomic mass is 9.93. The van der Waals surface area contributed by atoms with Crippen molar-refractivity contribution in [2.45, 2.75) is 31.6 Å².